The van der Waals surface area contributed by atoms with E-state index in [2.05, 4.69) is 22.2 Å². The van der Waals surface area contributed by atoms with Crippen LogP contribution in [0, 0.1) is 0 Å². The van der Waals surface area contributed by atoms with Crippen molar-refractivity contribution in [1.82, 2.24) is 15.3 Å². The van der Waals surface area contributed by atoms with Crippen LogP contribution in [0.2, 0.25) is 0 Å². The first-order valence-corrected chi connectivity index (χ1v) is 5.69. The number of unbranched alkanes of at least 4 members (excludes halogenated alkanes) is 1. The third-order valence-corrected chi connectivity index (χ3v) is 2.15. The van der Waals surface area contributed by atoms with Gasteiger partial charge in [0.05, 0.1) is 6.33 Å². The molecule has 0 unspecified atom stereocenters. The van der Waals surface area contributed by atoms with Crippen molar-refractivity contribution >= 4 is 0 Å². The molecule has 1 aromatic rings. The number of H-pyrrole nitrogens is 1. The Hall–Kier alpha value is -0.870. The molecule has 86 valence electrons. The molecule has 0 aliphatic carbocycles. The van der Waals surface area contributed by atoms with Crippen molar-refractivity contribution in [3.05, 3.63) is 18.2 Å². The van der Waals surface area contributed by atoms with Crippen LogP contribution < -0.4 is 5.32 Å². The summed E-state index contributed by atoms with van der Waals surface area (Å²) in [6, 6.07) is 0. The van der Waals surface area contributed by atoms with Crippen molar-refractivity contribution in [2.24, 2.45) is 0 Å². The van der Waals surface area contributed by atoms with Crippen molar-refractivity contribution in [3.8, 4) is 0 Å². The maximum atomic E-state index is 5.45. The molecule has 0 bridgehead atoms. The molecule has 0 saturated heterocycles. The molecule has 15 heavy (non-hydrogen) atoms. The van der Waals surface area contributed by atoms with E-state index >= 15 is 0 Å². The summed E-state index contributed by atoms with van der Waals surface area (Å²) >= 11 is 0. The molecule has 0 aliphatic heterocycles. The summed E-state index contributed by atoms with van der Waals surface area (Å²) in [6.45, 7) is 5.78. The maximum absolute atomic E-state index is 5.45. The van der Waals surface area contributed by atoms with Crippen LogP contribution in [-0.4, -0.2) is 29.7 Å². The highest BCUT2D eigenvalue weighted by molar-refractivity contribution is 4.92. The predicted molar refractivity (Wildman–Crippen MR) is 60.6 cm³/mol. The summed E-state index contributed by atoms with van der Waals surface area (Å²) in [5, 5.41) is 3.33. The first kappa shape index (κ1) is 12.2. The van der Waals surface area contributed by atoms with E-state index in [0.717, 1.165) is 38.4 Å². The Bertz CT molecular complexity index is 224. The van der Waals surface area contributed by atoms with Gasteiger partial charge < -0.3 is 15.0 Å². The summed E-state index contributed by atoms with van der Waals surface area (Å²) in [5.74, 6) is 0. The Morgan fingerprint density at radius 2 is 2.27 bits per heavy atom. The SMILES string of the molecule is CCCCOCCCNCc1cnc[nH]1. The molecule has 0 aliphatic rings. The van der Waals surface area contributed by atoms with Gasteiger partial charge in [-0.15, -0.1) is 0 Å². The van der Waals surface area contributed by atoms with E-state index in [-0.39, 0.29) is 0 Å². The lowest BCUT2D eigenvalue weighted by molar-refractivity contribution is 0.128. The molecule has 0 atom stereocenters. The lowest BCUT2D eigenvalue weighted by Crippen LogP contribution is -2.16. The van der Waals surface area contributed by atoms with Crippen molar-refractivity contribution in [2.45, 2.75) is 32.7 Å². The average Bonchev–Trinajstić information content (AvgIpc) is 2.75. The zero-order valence-corrected chi connectivity index (χ0v) is 9.46. The van der Waals surface area contributed by atoms with Crippen LogP contribution >= 0.6 is 0 Å². The van der Waals surface area contributed by atoms with Gasteiger partial charge in [0.1, 0.15) is 0 Å². The average molecular weight is 211 g/mol. The summed E-state index contributed by atoms with van der Waals surface area (Å²) in [4.78, 5) is 7.00. The van der Waals surface area contributed by atoms with E-state index in [1.54, 1.807) is 6.33 Å². The quantitative estimate of drug-likeness (QED) is 0.611. The van der Waals surface area contributed by atoms with E-state index in [1.807, 2.05) is 6.20 Å². The van der Waals surface area contributed by atoms with Gasteiger partial charge in [0, 0.05) is 31.6 Å². The van der Waals surface area contributed by atoms with Gasteiger partial charge in [-0.1, -0.05) is 13.3 Å². The highest BCUT2D eigenvalue weighted by Gasteiger charge is 1.92. The van der Waals surface area contributed by atoms with Gasteiger partial charge in [-0.3, -0.25) is 0 Å². The molecular weight excluding hydrogens is 190 g/mol. The minimum atomic E-state index is 0.856. The van der Waals surface area contributed by atoms with Gasteiger partial charge in [-0.05, 0) is 19.4 Å². The number of rotatable bonds is 9. The van der Waals surface area contributed by atoms with E-state index in [4.69, 9.17) is 4.74 Å². The number of nitrogens with one attached hydrogen (secondary N) is 2. The zero-order chi connectivity index (χ0) is 10.8. The lowest BCUT2D eigenvalue weighted by Gasteiger charge is -2.04. The Morgan fingerprint density at radius 3 is 3.00 bits per heavy atom. The second-order valence-electron chi connectivity index (χ2n) is 3.57. The summed E-state index contributed by atoms with van der Waals surface area (Å²) in [6.07, 6.45) is 6.98. The molecule has 0 amide bonds. The third kappa shape index (κ3) is 6.25. The van der Waals surface area contributed by atoms with Crippen LogP contribution in [0.3, 0.4) is 0 Å². The molecule has 1 rings (SSSR count). The van der Waals surface area contributed by atoms with Gasteiger partial charge in [0.2, 0.25) is 0 Å². The number of ether oxygens (including phenoxy) is 1. The van der Waals surface area contributed by atoms with Crippen LogP contribution in [0.5, 0.6) is 0 Å². The Morgan fingerprint density at radius 1 is 1.40 bits per heavy atom. The maximum Gasteiger partial charge on any atom is 0.0922 e. The molecular formula is C11H21N3O. The predicted octanol–water partition coefficient (Wildman–Crippen LogP) is 1.71. The van der Waals surface area contributed by atoms with Crippen molar-refractivity contribution < 1.29 is 4.74 Å². The van der Waals surface area contributed by atoms with Gasteiger partial charge >= 0.3 is 0 Å². The second kappa shape index (κ2) is 8.44. The number of imidazole rings is 1. The number of hydrogen-bond donors (Lipinski definition) is 2. The second-order valence-corrected chi connectivity index (χ2v) is 3.57. The van der Waals surface area contributed by atoms with Crippen molar-refractivity contribution in [3.63, 3.8) is 0 Å². The molecule has 0 spiro atoms. The summed E-state index contributed by atoms with van der Waals surface area (Å²) in [7, 11) is 0. The normalized spacial score (nSPS) is 10.7. The standard InChI is InChI=1S/C11H21N3O/c1-2-3-6-15-7-4-5-12-8-11-9-13-10-14-11/h9-10,12H,2-8H2,1H3,(H,13,14). The Balaban J connectivity index is 1.81. The topological polar surface area (TPSA) is 49.9 Å². The number of hydrogen-bond acceptors (Lipinski definition) is 3. The number of nitrogens with zero attached hydrogens (tertiary/aromatic N) is 1. The van der Waals surface area contributed by atoms with Crippen LogP contribution in [0.4, 0.5) is 0 Å². The van der Waals surface area contributed by atoms with E-state index in [0.29, 0.717) is 0 Å². The Labute approximate surface area is 91.4 Å². The molecule has 1 aromatic heterocycles. The fourth-order valence-electron chi connectivity index (χ4n) is 1.25. The zero-order valence-electron chi connectivity index (χ0n) is 9.46. The minimum absolute atomic E-state index is 0.856. The third-order valence-electron chi connectivity index (χ3n) is 2.15. The first-order chi connectivity index (χ1) is 7.43. The van der Waals surface area contributed by atoms with Gasteiger partial charge in [0.25, 0.3) is 0 Å². The number of aromatic amines is 1. The molecule has 0 radical (unpaired) electrons. The molecule has 4 heteroatoms. The minimum Gasteiger partial charge on any atom is -0.381 e. The van der Waals surface area contributed by atoms with E-state index in [1.165, 1.54) is 12.8 Å². The lowest BCUT2D eigenvalue weighted by atomic mass is 10.3. The molecule has 1 heterocycles. The number of aromatic nitrogens is 2. The van der Waals surface area contributed by atoms with Crippen molar-refractivity contribution in [2.75, 3.05) is 19.8 Å². The smallest absolute Gasteiger partial charge is 0.0922 e. The highest BCUT2D eigenvalue weighted by atomic mass is 16.5. The van der Waals surface area contributed by atoms with E-state index in [9.17, 15) is 0 Å². The van der Waals surface area contributed by atoms with Crippen LogP contribution in [0.1, 0.15) is 31.9 Å². The van der Waals surface area contributed by atoms with Crippen LogP contribution in [0.25, 0.3) is 0 Å². The van der Waals surface area contributed by atoms with Crippen molar-refractivity contribution in [1.29, 1.82) is 0 Å². The molecule has 0 aromatic carbocycles. The molecule has 0 fully saturated rings. The van der Waals surface area contributed by atoms with Gasteiger partial charge in [0.15, 0.2) is 0 Å². The fourth-order valence-corrected chi connectivity index (χ4v) is 1.25. The molecule has 0 saturated carbocycles. The van der Waals surface area contributed by atoms with Gasteiger partial charge in [-0.25, -0.2) is 4.98 Å². The Kier molecular flexibility index (Phi) is 6.86. The highest BCUT2D eigenvalue weighted by Crippen LogP contribution is 1.91. The first-order valence-electron chi connectivity index (χ1n) is 5.69. The summed E-state index contributed by atoms with van der Waals surface area (Å²) in [5.41, 5.74) is 1.13. The molecule has 2 N–H and O–H groups in total. The van der Waals surface area contributed by atoms with E-state index < -0.39 is 0 Å². The summed E-state index contributed by atoms with van der Waals surface area (Å²) < 4.78 is 5.45. The fraction of sp³-hybridized carbons (Fsp3) is 0.727. The monoisotopic (exact) mass is 211 g/mol. The molecule has 4 nitrogen and oxygen atoms in total. The van der Waals surface area contributed by atoms with Crippen LogP contribution in [-0.2, 0) is 11.3 Å². The van der Waals surface area contributed by atoms with Crippen LogP contribution in [0.15, 0.2) is 12.5 Å². The van der Waals surface area contributed by atoms with Gasteiger partial charge in [-0.2, -0.15) is 0 Å². The largest absolute Gasteiger partial charge is 0.381 e.